The van der Waals surface area contributed by atoms with Crippen LogP contribution in [0.2, 0.25) is 0 Å². The first-order chi connectivity index (χ1) is 6.42. The molecule has 0 spiro atoms. The Labute approximate surface area is 77.8 Å². The van der Waals surface area contributed by atoms with Crippen LogP contribution in [-0.2, 0) is 0 Å². The van der Waals surface area contributed by atoms with Crippen LogP contribution in [0.1, 0.15) is 11.5 Å². The van der Waals surface area contributed by atoms with Crippen LogP contribution in [0.4, 0.5) is 0 Å². The van der Waals surface area contributed by atoms with Crippen molar-refractivity contribution in [3.8, 4) is 0 Å². The smallest absolute Gasteiger partial charge is 0.0477 e. The maximum Gasteiger partial charge on any atom is 0.0477 e. The van der Waals surface area contributed by atoms with Gasteiger partial charge in [-0.05, 0) is 11.6 Å². The maximum atomic E-state index is 9.14. The molecule has 1 aromatic rings. The van der Waals surface area contributed by atoms with Crippen molar-refractivity contribution in [2.45, 2.75) is 5.92 Å². The number of aliphatic hydroxyl groups excluding tert-OH is 1. The Morgan fingerprint density at radius 2 is 2.46 bits per heavy atom. The lowest BCUT2D eigenvalue weighted by molar-refractivity contribution is 0.226. The minimum absolute atomic E-state index is 0.257. The number of hydrogen-bond acceptors (Lipinski definition) is 3. The summed E-state index contributed by atoms with van der Waals surface area (Å²) in [6.45, 7) is 2.12. The summed E-state index contributed by atoms with van der Waals surface area (Å²) in [6.07, 6.45) is 3.67. The Hall–Kier alpha value is -0.930. The third-order valence-corrected chi connectivity index (χ3v) is 2.69. The first-order valence-electron chi connectivity index (χ1n) is 4.63. The Morgan fingerprint density at radius 1 is 1.54 bits per heavy atom. The number of rotatable bonds is 2. The number of aliphatic hydroxyl groups is 1. The zero-order valence-corrected chi connectivity index (χ0v) is 7.48. The minimum Gasteiger partial charge on any atom is -0.396 e. The second-order valence-corrected chi connectivity index (χ2v) is 3.49. The molecule has 0 bridgehead atoms. The Balaban J connectivity index is 2.16. The fourth-order valence-electron chi connectivity index (χ4n) is 1.91. The van der Waals surface area contributed by atoms with Crippen LogP contribution in [0.15, 0.2) is 24.5 Å². The van der Waals surface area contributed by atoms with E-state index in [1.807, 2.05) is 12.3 Å². The van der Waals surface area contributed by atoms with Gasteiger partial charge in [-0.3, -0.25) is 4.98 Å². The Kier molecular flexibility index (Phi) is 2.57. The van der Waals surface area contributed by atoms with Gasteiger partial charge < -0.3 is 10.4 Å². The van der Waals surface area contributed by atoms with Gasteiger partial charge in [-0.2, -0.15) is 0 Å². The van der Waals surface area contributed by atoms with E-state index in [4.69, 9.17) is 5.11 Å². The van der Waals surface area contributed by atoms with Gasteiger partial charge in [-0.15, -0.1) is 0 Å². The molecule has 3 nitrogen and oxygen atoms in total. The van der Waals surface area contributed by atoms with Crippen LogP contribution in [0.5, 0.6) is 0 Å². The second kappa shape index (κ2) is 3.85. The number of hydrogen-bond donors (Lipinski definition) is 2. The number of pyridine rings is 1. The van der Waals surface area contributed by atoms with Gasteiger partial charge >= 0.3 is 0 Å². The molecule has 2 atom stereocenters. The van der Waals surface area contributed by atoms with Crippen LogP contribution >= 0.6 is 0 Å². The van der Waals surface area contributed by atoms with E-state index in [0.29, 0.717) is 11.8 Å². The molecule has 13 heavy (non-hydrogen) atoms. The van der Waals surface area contributed by atoms with E-state index in [1.165, 1.54) is 5.56 Å². The molecule has 3 heteroatoms. The molecule has 70 valence electrons. The molecule has 2 unspecified atom stereocenters. The molecule has 0 aromatic carbocycles. The van der Waals surface area contributed by atoms with E-state index < -0.39 is 0 Å². The summed E-state index contributed by atoms with van der Waals surface area (Å²) in [5.41, 5.74) is 1.23. The number of nitrogens with zero attached hydrogens (tertiary/aromatic N) is 1. The fraction of sp³-hybridized carbons (Fsp3) is 0.500. The monoisotopic (exact) mass is 178 g/mol. The molecule has 1 aliphatic rings. The van der Waals surface area contributed by atoms with Crippen molar-refractivity contribution < 1.29 is 5.11 Å². The predicted molar refractivity (Wildman–Crippen MR) is 50.4 cm³/mol. The average molecular weight is 178 g/mol. The van der Waals surface area contributed by atoms with Gasteiger partial charge in [0.2, 0.25) is 0 Å². The van der Waals surface area contributed by atoms with Crippen molar-refractivity contribution in [2.24, 2.45) is 5.92 Å². The Morgan fingerprint density at radius 3 is 3.15 bits per heavy atom. The van der Waals surface area contributed by atoms with Gasteiger partial charge in [0.1, 0.15) is 0 Å². The van der Waals surface area contributed by atoms with Crippen molar-refractivity contribution in [3.05, 3.63) is 30.1 Å². The summed E-state index contributed by atoms with van der Waals surface area (Å²) < 4.78 is 0. The lowest BCUT2D eigenvalue weighted by Gasteiger charge is -2.15. The van der Waals surface area contributed by atoms with Gasteiger partial charge in [0, 0.05) is 43.9 Å². The molecule has 2 N–H and O–H groups in total. The summed E-state index contributed by atoms with van der Waals surface area (Å²) in [7, 11) is 0. The molecular formula is C10H14N2O. The normalized spacial score (nSPS) is 27.8. The van der Waals surface area contributed by atoms with E-state index in [2.05, 4.69) is 16.4 Å². The first-order valence-corrected chi connectivity index (χ1v) is 4.63. The molecule has 2 rings (SSSR count). The molecule has 0 saturated carbocycles. The average Bonchev–Trinajstić information content (AvgIpc) is 2.67. The second-order valence-electron chi connectivity index (χ2n) is 3.49. The molecule has 0 aliphatic carbocycles. The Bertz CT molecular complexity index is 263. The molecule has 1 aromatic heterocycles. The molecular weight excluding hydrogens is 164 g/mol. The first kappa shape index (κ1) is 8.66. The zero-order valence-electron chi connectivity index (χ0n) is 7.48. The highest BCUT2D eigenvalue weighted by Crippen LogP contribution is 2.26. The quantitative estimate of drug-likeness (QED) is 0.688. The number of aromatic nitrogens is 1. The van der Waals surface area contributed by atoms with Gasteiger partial charge in [-0.1, -0.05) is 6.07 Å². The van der Waals surface area contributed by atoms with Crippen molar-refractivity contribution in [1.82, 2.24) is 10.3 Å². The molecule has 1 saturated heterocycles. The molecule has 1 fully saturated rings. The van der Waals surface area contributed by atoms with Crippen molar-refractivity contribution >= 4 is 0 Å². The van der Waals surface area contributed by atoms with E-state index >= 15 is 0 Å². The highest BCUT2D eigenvalue weighted by molar-refractivity contribution is 5.18. The zero-order chi connectivity index (χ0) is 9.10. The van der Waals surface area contributed by atoms with Crippen molar-refractivity contribution in [1.29, 1.82) is 0 Å². The summed E-state index contributed by atoms with van der Waals surface area (Å²) in [6, 6.07) is 4.02. The van der Waals surface area contributed by atoms with E-state index in [0.717, 1.165) is 13.1 Å². The molecule has 0 radical (unpaired) electrons. The van der Waals surface area contributed by atoms with Crippen LogP contribution in [0.3, 0.4) is 0 Å². The van der Waals surface area contributed by atoms with Crippen molar-refractivity contribution in [2.75, 3.05) is 19.7 Å². The number of nitrogens with one attached hydrogen (secondary N) is 1. The molecule has 1 aliphatic heterocycles. The van der Waals surface area contributed by atoms with Crippen molar-refractivity contribution in [3.63, 3.8) is 0 Å². The van der Waals surface area contributed by atoms with Gasteiger partial charge in [0.25, 0.3) is 0 Å². The molecule has 0 amide bonds. The fourth-order valence-corrected chi connectivity index (χ4v) is 1.91. The topological polar surface area (TPSA) is 45.1 Å². The van der Waals surface area contributed by atoms with Crippen LogP contribution < -0.4 is 5.32 Å². The van der Waals surface area contributed by atoms with Crippen LogP contribution in [-0.4, -0.2) is 29.8 Å². The highest BCUT2D eigenvalue weighted by Gasteiger charge is 2.27. The predicted octanol–water partition coefficient (Wildman–Crippen LogP) is 0.377. The summed E-state index contributed by atoms with van der Waals surface area (Å²) in [5.74, 6) is 0.780. The highest BCUT2D eigenvalue weighted by atomic mass is 16.3. The minimum atomic E-state index is 0.257. The van der Waals surface area contributed by atoms with Crippen LogP contribution in [0, 0.1) is 5.92 Å². The van der Waals surface area contributed by atoms with E-state index in [9.17, 15) is 0 Å². The maximum absolute atomic E-state index is 9.14. The SMILES string of the molecule is OCC1CNCC1c1cccnc1. The molecule has 2 heterocycles. The summed E-state index contributed by atoms with van der Waals surface area (Å²) in [5, 5.41) is 12.4. The summed E-state index contributed by atoms with van der Waals surface area (Å²) in [4.78, 5) is 4.09. The van der Waals surface area contributed by atoms with Gasteiger partial charge in [0.05, 0.1) is 0 Å². The van der Waals surface area contributed by atoms with E-state index in [1.54, 1.807) is 6.20 Å². The van der Waals surface area contributed by atoms with E-state index in [-0.39, 0.29) is 6.61 Å². The van der Waals surface area contributed by atoms with Gasteiger partial charge in [-0.25, -0.2) is 0 Å². The van der Waals surface area contributed by atoms with Crippen LogP contribution in [0.25, 0.3) is 0 Å². The third kappa shape index (κ3) is 1.71. The standard InChI is InChI=1S/C10H14N2O/c13-7-9-5-12-6-10(9)8-2-1-3-11-4-8/h1-4,9-10,12-13H,5-7H2. The lowest BCUT2D eigenvalue weighted by atomic mass is 9.91. The largest absolute Gasteiger partial charge is 0.396 e. The lowest BCUT2D eigenvalue weighted by Crippen LogP contribution is -2.14. The summed E-state index contributed by atoms with van der Waals surface area (Å²) >= 11 is 0. The third-order valence-electron chi connectivity index (χ3n) is 2.69. The van der Waals surface area contributed by atoms with Gasteiger partial charge in [0.15, 0.2) is 0 Å².